The SMILES string of the molecule is CCCn1ncnc1CC(O)CSc1ccc(Cl)cc1. The molecule has 0 amide bonds. The fourth-order valence-electron chi connectivity index (χ4n) is 1.84. The molecule has 2 rings (SSSR count). The van der Waals surface area contributed by atoms with E-state index in [9.17, 15) is 5.11 Å². The molecule has 0 aliphatic carbocycles. The Labute approximate surface area is 128 Å². The standard InChI is InChI=1S/C14H18ClN3OS/c1-2-7-18-14(16-10-17-18)8-12(19)9-20-13-5-3-11(15)4-6-13/h3-6,10,12,19H,2,7-9H2,1H3. The van der Waals surface area contributed by atoms with E-state index < -0.39 is 6.10 Å². The van der Waals surface area contributed by atoms with E-state index >= 15 is 0 Å². The van der Waals surface area contributed by atoms with Gasteiger partial charge in [0, 0.05) is 28.6 Å². The highest BCUT2D eigenvalue weighted by atomic mass is 35.5. The average molecular weight is 312 g/mol. The van der Waals surface area contributed by atoms with E-state index in [-0.39, 0.29) is 0 Å². The van der Waals surface area contributed by atoms with E-state index in [0.29, 0.717) is 12.2 Å². The zero-order chi connectivity index (χ0) is 14.4. The van der Waals surface area contributed by atoms with Crippen LogP contribution in [0.2, 0.25) is 5.02 Å². The van der Waals surface area contributed by atoms with E-state index in [1.54, 1.807) is 18.1 Å². The Hall–Kier alpha value is -1.04. The summed E-state index contributed by atoms with van der Waals surface area (Å²) in [6, 6.07) is 7.63. The third kappa shape index (κ3) is 4.51. The minimum absolute atomic E-state index is 0.435. The highest BCUT2D eigenvalue weighted by Crippen LogP contribution is 2.21. The minimum atomic E-state index is -0.435. The third-order valence-electron chi connectivity index (χ3n) is 2.81. The maximum atomic E-state index is 10.1. The van der Waals surface area contributed by atoms with E-state index in [0.717, 1.165) is 28.7 Å². The molecule has 0 saturated heterocycles. The molecule has 0 aliphatic rings. The highest BCUT2D eigenvalue weighted by molar-refractivity contribution is 7.99. The van der Waals surface area contributed by atoms with Crippen molar-refractivity contribution in [1.29, 1.82) is 0 Å². The lowest BCUT2D eigenvalue weighted by Crippen LogP contribution is -2.17. The summed E-state index contributed by atoms with van der Waals surface area (Å²) in [6.07, 6.45) is 2.65. The molecule has 0 bridgehead atoms. The van der Waals surface area contributed by atoms with Gasteiger partial charge in [0.2, 0.25) is 0 Å². The van der Waals surface area contributed by atoms with Crippen LogP contribution in [-0.2, 0) is 13.0 Å². The summed E-state index contributed by atoms with van der Waals surface area (Å²) in [7, 11) is 0. The van der Waals surface area contributed by atoms with Crippen molar-refractivity contribution in [3.05, 3.63) is 41.4 Å². The molecule has 0 spiro atoms. The number of aryl methyl sites for hydroxylation is 1. The van der Waals surface area contributed by atoms with Crippen LogP contribution in [0.4, 0.5) is 0 Å². The second kappa shape index (κ2) is 7.67. The Balaban J connectivity index is 1.84. The third-order valence-corrected chi connectivity index (χ3v) is 4.21. The minimum Gasteiger partial charge on any atom is -0.392 e. The molecule has 0 saturated carbocycles. The van der Waals surface area contributed by atoms with Crippen LogP contribution in [0.5, 0.6) is 0 Å². The molecule has 2 aromatic rings. The van der Waals surface area contributed by atoms with Crippen LogP contribution >= 0.6 is 23.4 Å². The quantitative estimate of drug-likeness (QED) is 0.799. The van der Waals surface area contributed by atoms with E-state index in [4.69, 9.17) is 11.6 Å². The van der Waals surface area contributed by atoms with Crippen molar-refractivity contribution in [2.24, 2.45) is 0 Å². The number of rotatable bonds is 7. The lowest BCUT2D eigenvalue weighted by molar-refractivity contribution is 0.195. The highest BCUT2D eigenvalue weighted by Gasteiger charge is 2.11. The average Bonchev–Trinajstić information content (AvgIpc) is 2.86. The maximum Gasteiger partial charge on any atom is 0.138 e. The molecule has 0 radical (unpaired) electrons. The lowest BCUT2D eigenvalue weighted by Gasteiger charge is -2.10. The van der Waals surface area contributed by atoms with Gasteiger partial charge < -0.3 is 5.11 Å². The van der Waals surface area contributed by atoms with Crippen LogP contribution in [0.1, 0.15) is 19.2 Å². The molecule has 1 unspecified atom stereocenters. The van der Waals surface area contributed by atoms with Gasteiger partial charge in [0.15, 0.2) is 0 Å². The number of thioether (sulfide) groups is 1. The van der Waals surface area contributed by atoms with Crippen molar-refractivity contribution in [2.45, 2.75) is 37.3 Å². The zero-order valence-corrected chi connectivity index (χ0v) is 12.9. The zero-order valence-electron chi connectivity index (χ0n) is 11.4. The van der Waals surface area contributed by atoms with Gasteiger partial charge in [0.05, 0.1) is 6.10 Å². The predicted octanol–water partition coefficient (Wildman–Crippen LogP) is 3.04. The van der Waals surface area contributed by atoms with Gasteiger partial charge in [-0.15, -0.1) is 11.8 Å². The van der Waals surface area contributed by atoms with Gasteiger partial charge in [0.1, 0.15) is 12.2 Å². The molecule has 1 aromatic carbocycles. The molecule has 6 heteroatoms. The second-order valence-electron chi connectivity index (χ2n) is 4.52. The monoisotopic (exact) mass is 311 g/mol. The van der Waals surface area contributed by atoms with E-state index in [1.807, 2.05) is 28.9 Å². The van der Waals surface area contributed by atoms with E-state index in [1.165, 1.54) is 0 Å². The van der Waals surface area contributed by atoms with Crippen LogP contribution in [0, 0.1) is 0 Å². The Morgan fingerprint density at radius 1 is 1.35 bits per heavy atom. The second-order valence-corrected chi connectivity index (χ2v) is 6.05. The van der Waals surface area contributed by atoms with Crippen molar-refractivity contribution >= 4 is 23.4 Å². The molecular weight excluding hydrogens is 294 g/mol. The van der Waals surface area contributed by atoms with Crippen molar-refractivity contribution in [2.75, 3.05) is 5.75 Å². The topological polar surface area (TPSA) is 50.9 Å². The van der Waals surface area contributed by atoms with Gasteiger partial charge in [-0.25, -0.2) is 4.98 Å². The van der Waals surface area contributed by atoms with E-state index in [2.05, 4.69) is 17.0 Å². The first-order valence-electron chi connectivity index (χ1n) is 6.62. The molecule has 1 heterocycles. The number of hydrogen-bond acceptors (Lipinski definition) is 4. The van der Waals surface area contributed by atoms with Crippen molar-refractivity contribution in [1.82, 2.24) is 14.8 Å². The van der Waals surface area contributed by atoms with Gasteiger partial charge in [-0.3, -0.25) is 4.68 Å². The van der Waals surface area contributed by atoms with Gasteiger partial charge in [-0.05, 0) is 30.7 Å². The summed E-state index contributed by atoms with van der Waals surface area (Å²) < 4.78 is 1.86. The van der Waals surface area contributed by atoms with Crippen LogP contribution in [0.15, 0.2) is 35.5 Å². The molecule has 108 valence electrons. The van der Waals surface area contributed by atoms with Crippen LogP contribution in [0.25, 0.3) is 0 Å². The molecule has 1 atom stereocenters. The number of hydrogen-bond donors (Lipinski definition) is 1. The van der Waals surface area contributed by atoms with Crippen LogP contribution in [-0.4, -0.2) is 31.7 Å². The Morgan fingerprint density at radius 3 is 2.80 bits per heavy atom. The Morgan fingerprint density at radius 2 is 2.10 bits per heavy atom. The molecule has 20 heavy (non-hydrogen) atoms. The maximum absolute atomic E-state index is 10.1. The van der Waals surface area contributed by atoms with Gasteiger partial charge in [0.25, 0.3) is 0 Å². The molecular formula is C14H18ClN3OS. The summed E-state index contributed by atoms with van der Waals surface area (Å²) in [5, 5.41) is 15.0. The van der Waals surface area contributed by atoms with Crippen molar-refractivity contribution < 1.29 is 5.11 Å². The van der Waals surface area contributed by atoms with Gasteiger partial charge in [-0.2, -0.15) is 5.10 Å². The van der Waals surface area contributed by atoms with Crippen molar-refractivity contribution in [3.8, 4) is 0 Å². The molecule has 1 aromatic heterocycles. The molecule has 0 fully saturated rings. The molecule has 1 N–H and O–H groups in total. The summed E-state index contributed by atoms with van der Waals surface area (Å²) in [5.74, 6) is 1.47. The molecule has 0 aliphatic heterocycles. The predicted molar refractivity (Wildman–Crippen MR) is 82.2 cm³/mol. The summed E-state index contributed by atoms with van der Waals surface area (Å²) >= 11 is 7.45. The number of aliphatic hydroxyl groups is 1. The van der Waals surface area contributed by atoms with Gasteiger partial charge in [-0.1, -0.05) is 18.5 Å². The molecule has 4 nitrogen and oxygen atoms in total. The number of aromatic nitrogens is 3. The first-order valence-corrected chi connectivity index (χ1v) is 7.98. The first kappa shape index (κ1) is 15.4. The van der Waals surface area contributed by atoms with Crippen molar-refractivity contribution in [3.63, 3.8) is 0 Å². The summed E-state index contributed by atoms with van der Waals surface area (Å²) in [4.78, 5) is 5.31. The summed E-state index contributed by atoms with van der Waals surface area (Å²) in [5.41, 5.74) is 0. The normalized spacial score (nSPS) is 12.6. The first-order chi connectivity index (χ1) is 9.69. The number of aliphatic hydroxyl groups excluding tert-OH is 1. The number of benzene rings is 1. The Bertz CT molecular complexity index is 529. The van der Waals surface area contributed by atoms with Gasteiger partial charge >= 0.3 is 0 Å². The number of nitrogens with zero attached hydrogens (tertiary/aromatic N) is 3. The van der Waals surface area contributed by atoms with Crippen LogP contribution < -0.4 is 0 Å². The Kier molecular flexibility index (Phi) is 5.88. The smallest absolute Gasteiger partial charge is 0.138 e. The lowest BCUT2D eigenvalue weighted by atomic mass is 10.3. The van der Waals surface area contributed by atoms with Crippen LogP contribution in [0.3, 0.4) is 0 Å². The fraction of sp³-hybridized carbons (Fsp3) is 0.429. The number of halogens is 1. The largest absolute Gasteiger partial charge is 0.392 e. The summed E-state index contributed by atoms with van der Waals surface area (Å²) in [6.45, 7) is 2.94. The fourth-order valence-corrected chi connectivity index (χ4v) is 2.79.